The molecule has 0 radical (unpaired) electrons. The number of rotatable bonds is 7. The van der Waals surface area contributed by atoms with Gasteiger partial charge in [-0.25, -0.2) is 20.8 Å². The monoisotopic (exact) mass is 356 g/mol. The SMILES string of the molecule is NOCCSCC[C@H]1O[C@@H](n2cnc3c(N)ncnc32)[C@H](O)[C@@H]1O. The summed E-state index contributed by atoms with van der Waals surface area (Å²) in [6.45, 7) is 0.464. The van der Waals surface area contributed by atoms with Crippen LogP contribution in [0.5, 0.6) is 0 Å². The summed E-state index contributed by atoms with van der Waals surface area (Å²) >= 11 is 1.64. The number of ether oxygens (including phenoxy) is 1. The zero-order valence-corrected chi connectivity index (χ0v) is 13.7. The van der Waals surface area contributed by atoms with Crippen molar-refractivity contribution in [3.8, 4) is 0 Å². The van der Waals surface area contributed by atoms with Crippen molar-refractivity contribution in [2.75, 3.05) is 23.8 Å². The van der Waals surface area contributed by atoms with E-state index in [0.29, 0.717) is 24.2 Å². The van der Waals surface area contributed by atoms with E-state index < -0.39 is 24.5 Å². The molecule has 4 atom stereocenters. The normalized spacial score (nSPS) is 27.1. The molecular formula is C13H20N6O4S. The Kier molecular flexibility index (Phi) is 5.48. The first kappa shape index (κ1) is 17.3. The lowest BCUT2D eigenvalue weighted by Gasteiger charge is -2.16. The van der Waals surface area contributed by atoms with Gasteiger partial charge in [0.25, 0.3) is 0 Å². The molecule has 11 heteroatoms. The number of hydrogen-bond donors (Lipinski definition) is 4. The summed E-state index contributed by atoms with van der Waals surface area (Å²) in [4.78, 5) is 16.7. The second-order valence-corrected chi connectivity index (χ2v) is 6.63. The van der Waals surface area contributed by atoms with Crippen molar-refractivity contribution in [3.63, 3.8) is 0 Å². The molecule has 0 bridgehead atoms. The third-order valence-corrected chi connectivity index (χ3v) is 4.87. The minimum atomic E-state index is -1.08. The van der Waals surface area contributed by atoms with Crippen LogP contribution in [0.1, 0.15) is 12.6 Å². The zero-order valence-electron chi connectivity index (χ0n) is 12.9. The number of hydrogen-bond acceptors (Lipinski definition) is 10. The third kappa shape index (κ3) is 3.31. The Morgan fingerprint density at radius 1 is 1.25 bits per heavy atom. The number of nitrogens with zero attached hydrogens (tertiary/aromatic N) is 4. The molecule has 0 aromatic carbocycles. The Hall–Kier alpha value is -1.50. The van der Waals surface area contributed by atoms with Crippen LogP contribution in [0.25, 0.3) is 11.2 Å². The van der Waals surface area contributed by atoms with Crippen LogP contribution in [0.4, 0.5) is 5.82 Å². The molecule has 1 aliphatic rings. The van der Waals surface area contributed by atoms with Gasteiger partial charge < -0.3 is 25.5 Å². The van der Waals surface area contributed by atoms with Crippen LogP contribution in [-0.2, 0) is 9.57 Å². The summed E-state index contributed by atoms with van der Waals surface area (Å²) < 4.78 is 7.40. The van der Waals surface area contributed by atoms with Gasteiger partial charge in [0, 0.05) is 5.75 Å². The minimum Gasteiger partial charge on any atom is -0.388 e. The number of nitrogen functional groups attached to an aromatic ring is 1. The standard InChI is InChI=1S/C13H20N6O4S/c14-11-8-12(17-5-16-11)19(6-18-8)13-10(21)9(20)7(23-13)1-3-24-4-2-22-15/h5-7,9-10,13,20-21H,1-4,15H2,(H2,14,16,17)/t7-,9-,10-,13-/m1/s1. The molecule has 0 saturated carbocycles. The molecule has 1 saturated heterocycles. The maximum absolute atomic E-state index is 10.3. The van der Waals surface area contributed by atoms with Crippen LogP contribution in [0.15, 0.2) is 12.7 Å². The molecule has 6 N–H and O–H groups in total. The molecule has 3 rings (SSSR count). The number of imidazole rings is 1. The van der Waals surface area contributed by atoms with Crippen LogP contribution in [0.2, 0.25) is 0 Å². The van der Waals surface area contributed by atoms with E-state index in [-0.39, 0.29) is 5.82 Å². The Labute approximate surface area is 142 Å². The number of anilines is 1. The van der Waals surface area contributed by atoms with E-state index in [4.69, 9.17) is 16.4 Å². The van der Waals surface area contributed by atoms with Crippen LogP contribution in [0.3, 0.4) is 0 Å². The zero-order chi connectivity index (χ0) is 17.1. The highest BCUT2D eigenvalue weighted by Crippen LogP contribution is 2.33. The van der Waals surface area contributed by atoms with Gasteiger partial charge in [0.1, 0.15) is 24.1 Å². The molecule has 0 spiro atoms. The Morgan fingerprint density at radius 3 is 2.88 bits per heavy atom. The first-order chi connectivity index (χ1) is 11.6. The summed E-state index contributed by atoms with van der Waals surface area (Å²) in [5, 5.41) is 20.6. The van der Waals surface area contributed by atoms with E-state index in [1.807, 2.05) is 0 Å². The van der Waals surface area contributed by atoms with E-state index in [0.717, 1.165) is 11.5 Å². The fourth-order valence-electron chi connectivity index (χ4n) is 2.66. The molecule has 1 fully saturated rings. The number of aromatic nitrogens is 4. The lowest BCUT2D eigenvalue weighted by atomic mass is 10.1. The minimum absolute atomic E-state index is 0.252. The van der Waals surface area contributed by atoms with Crippen LogP contribution >= 0.6 is 11.8 Å². The number of nitrogens with two attached hydrogens (primary N) is 2. The highest BCUT2D eigenvalue weighted by Gasteiger charge is 2.43. The first-order valence-corrected chi connectivity index (χ1v) is 8.63. The number of thioether (sulfide) groups is 1. The molecule has 1 aliphatic heterocycles. The van der Waals surface area contributed by atoms with E-state index in [2.05, 4.69) is 19.8 Å². The predicted molar refractivity (Wildman–Crippen MR) is 87.7 cm³/mol. The number of fused-ring (bicyclic) bond motifs is 1. The van der Waals surface area contributed by atoms with Crippen LogP contribution in [-0.4, -0.2) is 66.2 Å². The van der Waals surface area contributed by atoms with Crippen LogP contribution < -0.4 is 11.6 Å². The summed E-state index contributed by atoms with van der Waals surface area (Å²) in [6, 6.07) is 0. The van der Waals surface area contributed by atoms with E-state index >= 15 is 0 Å². The van der Waals surface area contributed by atoms with Gasteiger partial charge in [0.05, 0.1) is 19.0 Å². The van der Waals surface area contributed by atoms with Gasteiger partial charge in [0.2, 0.25) is 0 Å². The van der Waals surface area contributed by atoms with Gasteiger partial charge >= 0.3 is 0 Å². The van der Waals surface area contributed by atoms with E-state index in [1.54, 1.807) is 16.3 Å². The highest BCUT2D eigenvalue weighted by atomic mass is 32.2. The summed E-state index contributed by atoms with van der Waals surface area (Å²) in [6.07, 6.45) is 0.0645. The van der Waals surface area contributed by atoms with Crippen molar-refractivity contribution >= 4 is 28.7 Å². The first-order valence-electron chi connectivity index (χ1n) is 7.47. The summed E-state index contributed by atoms with van der Waals surface area (Å²) in [7, 11) is 0. The van der Waals surface area contributed by atoms with Gasteiger partial charge in [0.15, 0.2) is 17.7 Å². The maximum atomic E-state index is 10.3. The predicted octanol–water partition coefficient (Wildman–Crippen LogP) is -0.959. The highest BCUT2D eigenvalue weighted by molar-refractivity contribution is 7.99. The largest absolute Gasteiger partial charge is 0.388 e. The lowest BCUT2D eigenvalue weighted by Crippen LogP contribution is -2.31. The Bertz CT molecular complexity index is 686. The van der Waals surface area contributed by atoms with Crippen LogP contribution in [0, 0.1) is 0 Å². The quantitative estimate of drug-likeness (QED) is 0.360. The van der Waals surface area contributed by atoms with Crippen molar-refractivity contribution in [2.24, 2.45) is 5.90 Å². The van der Waals surface area contributed by atoms with Gasteiger partial charge in [-0.2, -0.15) is 11.8 Å². The third-order valence-electron chi connectivity index (χ3n) is 3.89. The lowest BCUT2D eigenvalue weighted by molar-refractivity contribution is -0.0352. The van der Waals surface area contributed by atoms with Gasteiger partial charge in [-0.15, -0.1) is 0 Å². The second kappa shape index (κ2) is 7.59. The molecule has 132 valence electrons. The molecule has 0 unspecified atom stereocenters. The Morgan fingerprint density at radius 2 is 2.08 bits per heavy atom. The topological polar surface area (TPSA) is 155 Å². The molecule has 24 heavy (non-hydrogen) atoms. The average molecular weight is 356 g/mol. The Balaban J connectivity index is 1.69. The molecule has 0 amide bonds. The smallest absolute Gasteiger partial charge is 0.167 e. The summed E-state index contributed by atoms with van der Waals surface area (Å²) in [5.74, 6) is 6.73. The van der Waals surface area contributed by atoms with Gasteiger partial charge in [-0.05, 0) is 12.2 Å². The molecule has 2 aromatic heterocycles. The molecule has 3 heterocycles. The molecule has 2 aromatic rings. The van der Waals surface area contributed by atoms with Gasteiger partial charge in [-0.1, -0.05) is 0 Å². The fourth-order valence-corrected chi connectivity index (χ4v) is 3.48. The van der Waals surface area contributed by atoms with E-state index in [1.165, 1.54) is 12.7 Å². The van der Waals surface area contributed by atoms with Crippen molar-refractivity contribution in [2.45, 2.75) is 31.0 Å². The second-order valence-electron chi connectivity index (χ2n) is 5.40. The average Bonchev–Trinajstić information content (AvgIpc) is 3.12. The molecule has 10 nitrogen and oxygen atoms in total. The van der Waals surface area contributed by atoms with Gasteiger partial charge in [-0.3, -0.25) is 4.57 Å². The summed E-state index contributed by atoms with van der Waals surface area (Å²) in [5.41, 5.74) is 6.65. The van der Waals surface area contributed by atoms with Crippen molar-refractivity contribution < 1.29 is 19.8 Å². The number of aliphatic hydroxyl groups excluding tert-OH is 2. The molecule has 0 aliphatic carbocycles. The van der Waals surface area contributed by atoms with E-state index in [9.17, 15) is 10.2 Å². The van der Waals surface area contributed by atoms with Crippen molar-refractivity contribution in [1.82, 2.24) is 19.5 Å². The number of aliphatic hydroxyl groups is 2. The van der Waals surface area contributed by atoms with Crippen molar-refractivity contribution in [3.05, 3.63) is 12.7 Å². The maximum Gasteiger partial charge on any atom is 0.167 e. The fraction of sp³-hybridized carbons (Fsp3) is 0.615. The van der Waals surface area contributed by atoms with Crippen molar-refractivity contribution in [1.29, 1.82) is 0 Å². The molecular weight excluding hydrogens is 336 g/mol.